The van der Waals surface area contributed by atoms with Crippen LogP contribution in [0.1, 0.15) is 29.3 Å². The summed E-state index contributed by atoms with van der Waals surface area (Å²) in [6.07, 6.45) is 1.05. The molecule has 0 bridgehead atoms. The van der Waals surface area contributed by atoms with Gasteiger partial charge in [-0.3, -0.25) is 9.59 Å². The maximum Gasteiger partial charge on any atom is 0.252 e. The van der Waals surface area contributed by atoms with Crippen molar-refractivity contribution in [1.29, 1.82) is 0 Å². The Balaban J connectivity index is 1.83. The second-order valence-electron chi connectivity index (χ2n) is 5.04. The monoisotopic (exact) mass is 330 g/mol. The molecular formula is C18H19ClN2O2. The van der Waals surface area contributed by atoms with Gasteiger partial charge in [0.15, 0.2) is 0 Å². The fourth-order valence-electron chi connectivity index (χ4n) is 2.19. The molecule has 0 aliphatic rings. The van der Waals surface area contributed by atoms with Crippen molar-refractivity contribution in [2.24, 2.45) is 0 Å². The van der Waals surface area contributed by atoms with Crippen molar-refractivity contribution in [1.82, 2.24) is 5.32 Å². The average Bonchev–Trinajstić information content (AvgIpc) is 2.55. The first-order chi connectivity index (χ1) is 11.1. The number of anilines is 1. The Bertz CT molecular complexity index is 701. The van der Waals surface area contributed by atoms with E-state index >= 15 is 0 Å². The number of para-hydroxylation sites is 1. The number of nitrogens with one attached hydrogen (secondary N) is 2. The molecule has 0 saturated carbocycles. The van der Waals surface area contributed by atoms with Crippen LogP contribution in [-0.4, -0.2) is 18.4 Å². The summed E-state index contributed by atoms with van der Waals surface area (Å²) in [5, 5.41) is 5.97. The normalized spacial score (nSPS) is 10.2. The molecule has 0 aromatic heterocycles. The van der Waals surface area contributed by atoms with Crippen molar-refractivity contribution in [2.75, 3.05) is 11.9 Å². The summed E-state index contributed by atoms with van der Waals surface area (Å²) in [6, 6.07) is 14.5. The van der Waals surface area contributed by atoms with Crippen LogP contribution in [0, 0.1) is 0 Å². The summed E-state index contributed by atoms with van der Waals surface area (Å²) >= 11 is 5.96. The van der Waals surface area contributed by atoms with E-state index in [4.69, 9.17) is 11.6 Å². The number of benzene rings is 2. The number of amides is 2. The van der Waals surface area contributed by atoms with Crippen molar-refractivity contribution in [3.63, 3.8) is 0 Å². The second-order valence-corrected chi connectivity index (χ2v) is 5.45. The Morgan fingerprint density at radius 2 is 1.74 bits per heavy atom. The molecule has 0 unspecified atom stereocenters. The highest BCUT2D eigenvalue weighted by Gasteiger charge is 2.10. The third kappa shape index (κ3) is 4.83. The topological polar surface area (TPSA) is 58.2 Å². The van der Waals surface area contributed by atoms with Gasteiger partial charge in [0.1, 0.15) is 0 Å². The predicted octanol–water partition coefficient (Wildman–Crippen LogP) is 3.66. The molecular weight excluding hydrogens is 312 g/mol. The maximum absolute atomic E-state index is 12.0. The second kappa shape index (κ2) is 8.34. The van der Waals surface area contributed by atoms with Crippen LogP contribution in [0.15, 0.2) is 48.5 Å². The van der Waals surface area contributed by atoms with Crippen LogP contribution in [0.3, 0.4) is 0 Å². The van der Waals surface area contributed by atoms with Gasteiger partial charge in [-0.2, -0.15) is 0 Å². The lowest BCUT2D eigenvalue weighted by atomic mass is 10.1. The molecule has 2 rings (SSSR count). The van der Waals surface area contributed by atoms with Crippen molar-refractivity contribution < 1.29 is 9.59 Å². The molecule has 2 aromatic rings. The Hall–Kier alpha value is -2.33. The van der Waals surface area contributed by atoms with Gasteiger partial charge in [0.25, 0.3) is 5.91 Å². The van der Waals surface area contributed by atoms with Crippen LogP contribution >= 0.6 is 11.6 Å². The molecule has 0 saturated heterocycles. The Morgan fingerprint density at radius 1 is 1.04 bits per heavy atom. The molecule has 2 N–H and O–H groups in total. The van der Waals surface area contributed by atoms with Gasteiger partial charge in [-0.15, -0.1) is 0 Å². The van der Waals surface area contributed by atoms with Gasteiger partial charge in [0.2, 0.25) is 5.91 Å². The van der Waals surface area contributed by atoms with E-state index in [1.54, 1.807) is 24.3 Å². The van der Waals surface area contributed by atoms with E-state index in [2.05, 4.69) is 10.6 Å². The first-order valence-electron chi connectivity index (χ1n) is 7.52. The van der Waals surface area contributed by atoms with Crippen LogP contribution in [0.4, 0.5) is 5.69 Å². The van der Waals surface area contributed by atoms with Gasteiger partial charge in [0.05, 0.1) is 10.6 Å². The Kier molecular flexibility index (Phi) is 6.18. The number of aryl methyl sites for hydroxylation is 1. The van der Waals surface area contributed by atoms with Crippen LogP contribution in [0.25, 0.3) is 0 Å². The average molecular weight is 331 g/mol. The minimum atomic E-state index is -0.280. The Morgan fingerprint density at radius 3 is 2.48 bits per heavy atom. The zero-order valence-corrected chi connectivity index (χ0v) is 13.7. The van der Waals surface area contributed by atoms with Crippen molar-refractivity contribution in [3.8, 4) is 0 Å². The first-order valence-corrected chi connectivity index (χ1v) is 7.90. The molecule has 120 valence electrons. The maximum atomic E-state index is 12.0. The SMILES string of the molecule is CCc1ccccc1NC(=O)CCNC(=O)c1ccccc1Cl. The highest BCUT2D eigenvalue weighted by Crippen LogP contribution is 2.16. The molecule has 0 aliphatic carbocycles. The number of carbonyl (C=O) groups excluding carboxylic acids is 2. The number of carbonyl (C=O) groups is 2. The van der Waals surface area contributed by atoms with E-state index in [9.17, 15) is 9.59 Å². The highest BCUT2D eigenvalue weighted by atomic mass is 35.5. The molecule has 0 heterocycles. The minimum absolute atomic E-state index is 0.134. The van der Waals surface area contributed by atoms with Crippen molar-refractivity contribution >= 4 is 29.1 Å². The highest BCUT2D eigenvalue weighted by molar-refractivity contribution is 6.33. The fraction of sp³-hybridized carbons (Fsp3) is 0.222. The minimum Gasteiger partial charge on any atom is -0.351 e. The van der Waals surface area contributed by atoms with Crippen molar-refractivity contribution in [2.45, 2.75) is 19.8 Å². The van der Waals surface area contributed by atoms with E-state index in [0.29, 0.717) is 10.6 Å². The molecule has 0 radical (unpaired) electrons. The van der Waals surface area contributed by atoms with Gasteiger partial charge in [0, 0.05) is 18.7 Å². The predicted molar refractivity (Wildman–Crippen MR) is 92.9 cm³/mol. The summed E-state index contributed by atoms with van der Waals surface area (Å²) in [5.74, 6) is -0.414. The number of hydrogen-bond donors (Lipinski definition) is 2. The third-order valence-corrected chi connectivity index (χ3v) is 3.76. The van der Waals surface area contributed by atoms with Crippen LogP contribution < -0.4 is 10.6 Å². The standard InChI is InChI=1S/C18H19ClN2O2/c1-2-13-7-3-6-10-16(13)21-17(22)11-12-20-18(23)14-8-4-5-9-15(14)19/h3-10H,2,11-12H2,1H3,(H,20,23)(H,21,22). The van der Waals surface area contributed by atoms with E-state index in [1.165, 1.54) is 0 Å². The molecule has 0 atom stereocenters. The molecule has 23 heavy (non-hydrogen) atoms. The lowest BCUT2D eigenvalue weighted by Gasteiger charge is -2.10. The fourth-order valence-corrected chi connectivity index (χ4v) is 2.41. The van der Waals surface area contributed by atoms with Gasteiger partial charge in [-0.1, -0.05) is 48.9 Å². The lowest BCUT2D eigenvalue weighted by molar-refractivity contribution is -0.116. The lowest BCUT2D eigenvalue weighted by Crippen LogP contribution is -2.28. The largest absolute Gasteiger partial charge is 0.351 e. The zero-order chi connectivity index (χ0) is 16.7. The molecule has 0 fully saturated rings. The van der Waals surface area contributed by atoms with Crippen LogP contribution in [0.2, 0.25) is 5.02 Å². The summed E-state index contributed by atoms with van der Waals surface area (Å²) < 4.78 is 0. The van der Waals surface area contributed by atoms with Gasteiger partial charge in [-0.25, -0.2) is 0 Å². The number of hydrogen-bond acceptors (Lipinski definition) is 2. The first kappa shape index (κ1) is 17.0. The molecule has 0 spiro atoms. The third-order valence-electron chi connectivity index (χ3n) is 3.43. The van der Waals surface area contributed by atoms with Crippen LogP contribution in [-0.2, 0) is 11.2 Å². The van der Waals surface area contributed by atoms with Crippen molar-refractivity contribution in [3.05, 3.63) is 64.7 Å². The zero-order valence-electron chi connectivity index (χ0n) is 12.9. The molecule has 2 amide bonds. The van der Waals surface area contributed by atoms with E-state index in [-0.39, 0.29) is 24.8 Å². The van der Waals surface area contributed by atoms with Gasteiger partial charge < -0.3 is 10.6 Å². The molecule has 2 aromatic carbocycles. The molecule has 5 heteroatoms. The molecule has 4 nitrogen and oxygen atoms in total. The molecule has 0 aliphatic heterocycles. The quantitative estimate of drug-likeness (QED) is 0.849. The Labute approximate surface area is 140 Å². The summed E-state index contributed by atoms with van der Waals surface area (Å²) in [7, 11) is 0. The van der Waals surface area contributed by atoms with Crippen LogP contribution in [0.5, 0.6) is 0 Å². The number of rotatable bonds is 6. The van der Waals surface area contributed by atoms with Gasteiger partial charge in [-0.05, 0) is 30.2 Å². The summed E-state index contributed by atoms with van der Waals surface area (Å²) in [6.45, 7) is 2.29. The van der Waals surface area contributed by atoms with E-state index in [0.717, 1.165) is 17.7 Å². The summed E-state index contributed by atoms with van der Waals surface area (Å²) in [4.78, 5) is 24.0. The van der Waals surface area contributed by atoms with E-state index in [1.807, 2.05) is 31.2 Å². The van der Waals surface area contributed by atoms with Gasteiger partial charge >= 0.3 is 0 Å². The van der Waals surface area contributed by atoms with E-state index < -0.39 is 0 Å². The number of halogens is 1. The summed E-state index contributed by atoms with van der Waals surface area (Å²) in [5.41, 5.74) is 2.31. The smallest absolute Gasteiger partial charge is 0.252 e.